The zero-order chi connectivity index (χ0) is 15.6. The van der Waals surface area contributed by atoms with Gasteiger partial charge in [0.2, 0.25) is 5.82 Å². The molecule has 1 heterocycles. The molecule has 0 atom stereocenters. The third-order valence-corrected chi connectivity index (χ3v) is 3.83. The standard InChI is InChI=1S/C10H6ClFN4O4S/c11-8-4-13-5-9(14-8)15-21(19,20)7-3-1-2-6(12)10(7)16(17)18/h1-5H,(H,14,15). The van der Waals surface area contributed by atoms with Crippen LogP contribution in [0.3, 0.4) is 0 Å². The number of aromatic nitrogens is 2. The third-order valence-electron chi connectivity index (χ3n) is 2.27. The first-order chi connectivity index (χ1) is 9.81. The van der Waals surface area contributed by atoms with Gasteiger partial charge in [-0.05, 0) is 12.1 Å². The van der Waals surface area contributed by atoms with E-state index >= 15 is 0 Å². The zero-order valence-electron chi connectivity index (χ0n) is 10.0. The minimum Gasteiger partial charge on any atom is -0.262 e. The third kappa shape index (κ3) is 3.23. The van der Waals surface area contributed by atoms with Gasteiger partial charge < -0.3 is 0 Å². The Balaban J connectivity index is 2.50. The average Bonchev–Trinajstić information content (AvgIpc) is 2.37. The number of anilines is 1. The van der Waals surface area contributed by atoms with E-state index in [2.05, 4.69) is 9.97 Å². The molecule has 1 aromatic carbocycles. The largest absolute Gasteiger partial charge is 0.325 e. The van der Waals surface area contributed by atoms with Crippen LogP contribution in [0.2, 0.25) is 5.15 Å². The summed E-state index contributed by atoms with van der Waals surface area (Å²) in [5.74, 6) is -1.51. The number of nitro benzene ring substituents is 1. The molecule has 0 radical (unpaired) electrons. The zero-order valence-corrected chi connectivity index (χ0v) is 11.6. The van der Waals surface area contributed by atoms with Crippen LogP contribution in [0.4, 0.5) is 15.9 Å². The summed E-state index contributed by atoms with van der Waals surface area (Å²) in [6, 6.07) is 2.73. The summed E-state index contributed by atoms with van der Waals surface area (Å²) < 4.78 is 39.6. The lowest BCUT2D eigenvalue weighted by atomic mass is 10.3. The van der Waals surface area contributed by atoms with Crippen molar-refractivity contribution in [3.05, 3.63) is 51.7 Å². The Morgan fingerprint density at radius 2 is 2.05 bits per heavy atom. The van der Waals surface area contributed by atoms with Crippen LogP contribution in [-0.2, 0) is 10.0 Å². The average molecular weight is 333 g/mol. The van der Waals surface area contributed by atoms with Gasteiger partial charge in [-0.15, -0.1) is 0 Å². The number of sulfonamides is 1. The molecule has 8 nitrogen and oxygen atoms in total. The van der Waals surface area contributed by atoms with E-state index in [1.807, 2.05) is 4.72 Å². The summed E-state index contributed by atoms with van der Waals surface area (Å²) in [4.78, 5) is 16.1. The molecule has 110 valence electrons. The lowest BCUT2D eigenvalue weighted by Crippen LogP contribution is -2.16. The maximum atomic E-state index is 13.5. The van der Waals surface area contributed by atoms with Gasteiger partial charge in [0.15, 0.2) is 10.7 Å². The van der Waals surface area contributed by atoms with E-state index in [0.29, 0.717) is 0 Å². The predicted octanol–water partition coefficient (Wildman–Crippen LogP) is 1.98. The highest BCUT2D eigenvalue weighted by Gasteiger charge is 2.29. The Kier molecular flexibility index (Phi) is 4.00. The highest BCUT2D eigenvalue weighted by atomic mass is 35.5. The molecule has 11 heteroatoms. The number of benzene rings is 1. The second-order valence-electron chi connectivity index (χ2n) is 3.68. The van der Waals surface area contributed by atoms with Gasteiger partial charge in [-0.25, -0.2) is 13.4 Å². The van der Waals surface area contributed by atoms with Crippen molar-refractivity contribution in [3.63, 3.8) is 0 Å². The van der Waals surface area contributed by atoms with Gasteiger partial charge in [-0.3, -0.25) is 19.8 Å². The molecule has 0 spiro atoms. The van der Waals surface area contributed by atoms with E-state index < -0.39 is 31.3 Å². The fraction of sp³-hybridized carbons (Fsp3) is 0. The number of halogens is 2. The van der Waals surface area contributed by atoms with Crippen molar-refractivity contribution >= 4 is 33.1 Å². The van der Waals surface area contributed by atoms with Crippen molar-refractivity contribution in [2.24, 2.45) is 0 Å². The van der Waals surface area contributed by atoms with E-state index in [0.717, 1.165) is 24.4 Å². The second kappa shape index (κ2) is 5.58. The lowest BCUT2D eigenvalue weighted by Gasteiger charge is -2.07. The van der Waals surface area contributed by atoms with E-state index in [1.54, 1.807) is 0 Å². The van der Waals surface area contributed by atoms with Crippen molar-refractivity contribution < 1.29 is 17.7 Å². The van der Waals surface area contributed by atoms with Crippen molar-refractivity contribution in [3.8, 4) is 0 Å². The number of para-hydroxylation sites is 1. The summed E-state index contributed by atoms with van der Waals surface area (Å²) in [5.41, 5.74) is -1.15. The first kappa shape index (κ1) is 15.1. The summed E-state index contributed by atoms with van der Waals surface area (Å²) in [5, 5.41) is 10.7. The fourth-order valence-corrected chi connectivity index (χ4v) is 2.79. The maximum absolute atomic E-state index is 13.5. The highest BCUT2D eigenvalue weighted by molar-refractivity contribution is 7.92. The van der Waals surface area contributed by atoms with Crippen molar-refractivity contribution in [1.29, 1.82) is 0 Å². The van der Waals surface area contributed by atoms with E-state index in [-0.39, 0.29) is 11.0 Å². The molecule has 0 aliphatic carbocycles. The highest BCUT2D eigenvalue weighted by Crippen LogP contribution is 2.27. The van der Waals surface area contributed by atoms with Gasteiger partial charge in [0.05, 0.1) is 17.3 Å². The van der Waals surface area contributed by atoms with E-state index in [1.165, 1.54) is 6.20 Å². The van der Waals surface area contributed by atoms with E-state index in [4.69, 9.17) is 11.6 Å². The van der Waals surface area contributed by atoms with Crippen molar-refractivity contribution in [1.82, 2.24) is 9.97 Å². The van der Waals surface area contributed by atoms with Crippen LogP contribution in [0.5, 0.6) is 0 Å². The molecule has 2 rings (SSSR count). The van der Waals surface area contributed by atoms with Crippen molar-refractivity contribution in [2.45, 2.75) is 4.90 Å². The predicted molar refractivity (Wildman–Crippen MR) is 70.9 cm³/mol. The number of hydrogen-bond acceptors (Lipinski definition) is 6. The number of nitrogens with zero attached hydrogens (tertiary/aromatic N) is 3. The van der Waals surface area contributed by atoms with Gasteiger partial charge >= 0.3 is 5.69 Å². The number of nitrogens with one attached hydrogen (secondary N) is 1. The minimum absolute atomic E-state index is 0.0797. The molecule has 0 saturated carbocycles. The molecule has 21 heavy (non-hydrogen) atoms. The molecule has 1 N–H and O–H groups in total. The quantitative estimate of drug-likeness (QED) is 0.676. The summed E-state index contributed by atoms with van der Waals surface area (Å²) >= 11 is 5.55. The van der Waals surface area contributed by atoms with Gasteiger partial charge in [0.1, 0.15) is 5.15 Å². The topological polar surface area (TPSA) is 115 Å². The molecule has 0 saturated heterocycles. The SMILES string of the molecule is O=[N+]([O-])c1c(F)cccc1S(=O)(=O)Nc1cncc(Cl)n1. The number of hydrogen-bond donors (Lipinski definition) is 1. The summed E-state index contributed by atoms with van der Waals surface area (Å²) in [6.45, 7) is 0. The molecular weight excluding hydrogens is 327 g/mol. The molecule has 1 aromatic heterocycles. The first-order valence-electron chi connectivity index (χ1n) is 5.24. The Bertz CT molecular complexity index is 814. The monoisotopic (exact) mass is 332 g/mol. The first-order valence-corrected chi connectivity index (χ1v) is 7.10. The van der Waals surface area contributed by atoms with Crippen LogP contribution in [0, 0.1) is 15.9 Å². The Morgan fingerprint density at radius 1 is 1.33 bits per heavy atom. The number of rotatable bonds is 4. The number of nitro groups is 1. The minimum atomic E-state index is -4.42. The maximum Gasteiger partial charge on any atom is 0.325 e. The smallest absolute Gasteiger partial charge is 0.262 e. The molecule has 0 bridgehead atoms. The van der Waals surface area contributed by atoms with Crippen LogP contribution in [0.15, 0.2) is 35.5 Å². The van der Waals surface area contributed by atoms with Crippen LogP contribution in [0.25, 0.3) is 0 Å². The Morgan fingerprint density at radius 3 is 2.67 bits per heavy atom. The normalized spacial score (nSPS) is 11.1. The lowest BCUT2D eigenvalue weighted by molar-refractivity contribution is -0.390. The summed E-state index contributed by atoms with van der Waals surface area (Å²) in [6.07, 6.45) is 2.22. The molecule has 0 fully saturated rings. The van der Waals surface area contributed by atoms with Crippen molar-refractivity contribution in [2.75, 3.05) is 4.72 Å². The molecule has 2 aromatic rings. The van der Waals surface area contributed by atoms with Gasteiger partial charge in [0, 0.05) is 0 Å². The van der Waals surface area contributed by atoms with Gasteiger partial charge in [0.25, 0.3) is 10.0 Å². The Hall–Kier alpha value is -2.33. The molecule has 0 aliphatic heterocycles. The van der Waals surface area contributed by atoms with Crippen LogP contribution in [-0.4, -0.2) is 23.3 Å². The van der Waals surface area contributed by atoms with Gasteiger partial charge in [-0.2, -0.15) is 4.39 Å². The summed E-state index contributed by atoms with van der Waals surface area (Å²) in [7, 11) is -4.42. The molecular formula is C10H6ClFN4O4S. The van der Waals surface area contributed by atoms with E-state index in [9.17, 15) is 22.9 Å². The molecule has 0 unspecified atom stereocenters. The van der Waals surface area contributed by atoms with Gasteiger partial charge in [-0.1, -0.05) is 17.7 Å². The molecule has 0 aliphatic rings. The van der Waals surface area contributed by atoms with Crippen LogP contribution >= 0.6 is 11.6 Å². The van der Waals surface area contributed by atoms with Crippen LogP contribution in [0.1, 0.15) is 0 Å². The fourth-order valence-electron chi connectivity index (χ4n) is 1.47. The Labute approximate surface area is 122 Å². The molecule has 0 amide bonds. The second-order valence-corrected chi connectivity index (χ2v) is 5.71. The van der Waals surface area contributed by atoms with Crippen LogP contribution < -0.4 is 4.72 Å².